The zero-order valence-corrected chi connectivity index (χ0v) is 8.62. The van der Waals surface area contributed by atoms with Crippen LogP contribution in [-0.2, 0) is 12.8 Å². The molecule has 0 radical (unpaired) electrons. The highest BCUT2D eigenvalue weighted by Crippen LogP contribution is 2.26. The van der Waals surface area contributed by atoms with Gasteiger partial charge in [0.15, 0.2) is 0 Å². The van der Waals surface area contributed by atoms with Gasteiger partial charge in [-0.3, -0.25) is 0 Å². The molecule has 1 aromatic heterocycles. The van der Waals surface area contributed by atoms with Crippen LogP contribution in [0.5, 0.6) is 5.19 Å². The first kappa shape index (κ1) is 8.97. The fourth-order valence-electron chi connectivity index (χ4n) is 1.47. The fourth-order valence-corrected chi connectivity index (χ4v) is 2.48. The lowest BCUT2D eigenvalue weighted by molar-refractivity contribution is 0.337. The molecule has 0 spiro atoms. The lowest BCUT2D eigenvalue weighted by Crippen LogP contribution is -2.16. The number of fused-ring (bicyclic) bond motifs is 1. The Kier molecular flexibility index (Phi) is 2.80. The zero-order chi connectivity index (χ0) is 9.10. The van der Waals surface area contributed by atoms with Crippen molar-refractivity contribution in [1.82, 2.24) is 10.3 Å². The van der Waals surface area contributed by atoms with Crippen molar-refractivity contribution in [3.8, 4) is 5.19 Å². The van der Waals surface area contributed by atoms with E-state index in [1.807, 2.05) is 6.92 Å². The van der Waals surface area contributed by atoms with Gasteiger partial charge in [0, 0.05) is 24.4 Å². The van der Waals surface area contributed by atoms with E-state index in [-0.39, 0.29) is 0 Å². The Balaban J connectivity index is 2.17. The molecule has 2 rings (SSSR count). The molecule has 4 heteroatoms. The second-order valence-corrected chi connectivity index (χ2v) is 4.08. The van der Waals surface area contributed by atoms with Gasteiger partial charge in [0.2, 0.25) is 0 Å². The Morgan fingerprint density at radius 2 is 2.31 bits per heavy atom. The second kappa shape index (κ2) is 4.07. The van der Waals surface area contributed by atoms with Gasteiger partial charge < -0.3 is 10.1 Å². The summed E-state index contributed by atoms with van der Waals surface area (Å²) >= 11 is 1.70. The minimum atomic E-state index is 0.713. The Bertz CT molecular complexity index is 262. The second-order valence-electron chi connectivity index (χ2n) is 3.03. The average Bonchev–Trinajstić information content (AvgIpc) is 2.37. The molecular weight excluding hydrogens is 184 g/mol. The first-order valence-corrected chi connectivity index (χ1v) is 5.54. The zero-order valence-electron chi connectivity index (χ0n) is 7.80. The normalized spacial score (nSPS) is 16.4. The molecule has 0 saturated heterocycles. The van der Waals surface area contributed by atoms with Crippen molar-refractivity contribution in [2.75, 3.05) is 19.7 Å². The predicted octanol–water partition coefficient (Wildman–Crippen LogP) is 1.23. The summed E-state index contributed by atoms with van der Waals surface area (Å²) in [5.41, 5.74) is 1.23. The first-order chi connectivity index (χ1) is 6.40. The quantitative estimate of drug-likeness (QED) is 0.776. The van der Waals surface area contributed by atoms with E-state index in [2.05, 4.69) is 10.3 Å². The van der Waals surface area contributed by atoms with Gasteiger partial charge in [-0.05, 0) is 13.3 Å². The van der Waals surface area contributed by atoms with Crippen molar-refractivity contribution < 1.29 is 4.74 Å². The first-order valence-electron chi connectivity index (χ1n) is 4.72. The van der Waals surface area contributed by atoms with E-state index in [0.29, 0.717) is 6.61 Å². The number of ether oxygens (including phenoxy) is 1. The molecule has 1 N–H and O–H groups in total. The molecule has 0 aliphatic carbocycles. The van der Waals surface area contributed by atoms with Crippen molar-refractivity contribution in [1.29, 1.82) is 0 Å². The van der Waals surface area contributed by atoms with Gasteiger partial charge in [-0.1, -0.05) is 11.3 Å². The van der Waals surface area contributed by atoms with E-state index < -0.39 is 0 Å². The largest absolute Gasteiger partial charge is 0.470 e. The summed E-state index contributed by atoms with van der Waals surface area (Å²) < 4.78 is 5.39. The summed E-state index contributed by atoms with van der Waals surface area (Å²) in [6, 6.07) is 0. The van der Waals surface area contributed by atoms with E-state index in [4.69, 9.17) is 4.74 Å². The van der Waals surface area contributed by atoms with Gasteiger partial charge in [-0.2, -0.15) is 0 Å². The molecule has 3 nitrogen and oxygen atoms in total. The van der Waals surface area contributed by atoms with Crippen molar-refractivity contribution in [3.05, 3.63) is 10.6 Å². The van der Waals surface area contributed by atoms with Gasteiger partial charge in [-0.25, -0.2) is 4.98 Å². The van der Waals surface area contributed by atoms with Crippen LogP contribution in [0.2, 0.25) is 0 Å². The summed E-state index contributed by atoms with van der Waals surface area (Å²) in [6.45, 7) is 4.82. The van der Waals surface area contributed by atoms with Crippen molar-refractivity contribution in [3.63, 3.8) is 0 Å². The Hall–Kier alpha value is -0.610. The van der Waals surface area contributed by atoms with Gasteiger partial charge >= 0.3 is 0 Å². The van der Waals surface area contributed by atoms with Crippen LogP contribution >= 0.6 is 11.3 Å². The number of hydrogen-bond acceptors (Lipinski definition) is 4. The van der Waals surface area contributed by atoms with Crippen LogP contribution in [0.3, 0.4) is 0 Å². The molecule has 0 saturated carbocycles. The van der Waals surface area contributed by atoms with Crippen LogP contribution in [0.25, 0.3) is 0 Å². The molecular formula is C9H14N2OS. The lowest BCUT2D eigenvalue weighted by atomic mass is 10.2. The molecule has 0 aromatic carbocycles. The number of hydrogen-bond donors (Lipinski definition) is 1. The third-order valence-electron chi connectivity index (χ3n) is 2.09. The van der Waals surface area contributed by atoms with Gasteiger partial charge in [0.1, 0.15) is 0 Å². The third-order valence-corrected chi connectivity index (χ3v) is 3.16. The molecule has 13 heavy (non-hydrogen) atoms. The topological polar surface area (TPSA) is 34.1 Å². The van der Waals surface area contributed by atoms with E-state index in [0.717, 1.165) is 31.1 Å². The SMILES string of the molecule is CCOc1nc2c(s1)CCNCC2. The number of nitrogens with zero attached hydrogens (tertiary/aromatic N) is 1. The highest BCUT2D eigenvalue weighted by Gasteiger charge is 2.13. The predicted molar refractivity (Wildman–Crippen MR) is 53.6 cm³/mol. The number of aromatic nitrogens is 1. The van der Waals surface area contributed by atoms with E-state index in [9.17, 15) is 0 Å². The average molecular weight is 198 g/mol. The summed E-state index contributed by atoms with van der Waals surface area (Å²) in [4.78, 5) is 5.85. The van der Waals surface area contributed by atoms with E-state index >= 15 is 0 Å². The molecule has 0 amide bonds. The number of nitrogens with one attached hydrogen (secondary N) is 1. The van der Waals surface area contributed by atoms with Crippen LogP contribution < -0.4 is 10.1 Å². The summed E-state index contributed by atoms with van der Waals surface area (Å²) in [5, 5.41) is 4.20. The standard InChI is InChI=1S/C9H14N2OS/c1-2-12-9-11-7-3-5-10-6-4-8(7)13-9/h10H,2-6H2,1H3. The molecule has 0 unspecified atom stereocenters. The van der Waals surface area contributed by atoms with Crippen molar-refractivity contribution >= 4 is 11.3 Å². The van der Waals surface area contributed by atoms with Crippen molar-refractivity contribution in [2.24, 2.45) is 0 Å². The molecule has 1 aromatic rings. The fraction of sp³-hybridized carbons (Fsp3) is 0.667. The van der Waals surface area contributed by atoms with E-state index in [1.54, 1.807) is 11.3 Å². The van der Waals surface area contributed by atoms with Crippen LogP contribution in [-0.4, -0.2) is 24.7 Å². The third kappa shape index (κ3) is 2.00. The lowest BCUT2D eigenvalue weighted by Gasteiger charge is -1.96. The minimum Gasteiger partial charge on any atom is -0.470 e. The molecule has 1 aliphatic rings. The Morgan fingerprint density at radius 3 is 3.15 bits per heavy atom. The summed E-state index contributed by atoms with van der Waals surface area (Å²) in [7, 11) is 0. The maximum absolute atomic E-state index is 5.39. The monoisotopic (exact) mass is 198 g/mol. The van der Waals surface area contributed by atoms with Crippen LogP contribution in [0, 0.1) is 0 Å². The Labute approximate surface area is 82.1 Å². The highest BCUT2D eigenvalue weighted by molar-refractivity contribution is 7.13. The maximum atomic E-state index is 5.39. The smallest absolute Gasteiger partial charge is 0.273 e. The van der Waals surface area contributed by atoms with Gasteiger partial charge in [0.25, 0.3) is 5.19 Å². The highest BCUT2D eigenvalue weighted by atomic mass is 32.1. The molecule has 0 fully saturated rings. The summed E-state index contributed by atoms with van der Waals surface area (Å²) in [5.74, 6) is 0. The minimum absolute atomic E-state index is 0.713. The van der Waals surface area contributed by atoms with Crippen LogP contribution in [0.15, 0.2) is 0 Å². The molecule has 0 atom stereocenters. The van der Waals surface area contributed by atoms with Crippen molar-refractivity contribution in [2.45, 2.75) is 19.8 Å². The maximum Gasteiger partial charge on any atom is 0.273 e. The van der Waals surface area contributed by atoms with Crippen LogP contribution in [0.4, 0.5) is 0 Å². The molecule has 0 bridgehead atoms. The van der Waals surface area contributed by atoms with Crippen LogP contribution in [0.1, 0.15) is 17.5 Å². The molecule has 1 aliphatic heterocycles. The number of thiazole rings is 1. The van der Waals surface area contributed by atoms with Gasteiger partial charge in [-0.15, -0.1) is 0 Å². The van der Waals surface area contributed by atoms with Gasteiger partial charge in [0.05, 0.1) is 12.3 Å². The Morgan fingerprint density at radius 1 is 1.46 bits per heavy atom. The molecule has 2 heterocycles. The summed E-state index contributed by atoms with van der Waals surface area (Å²) in [6.07, 6.45) is 2.14. The van der Waals surface area contributed by atoms with E-state index in [1.165, 1.54) is 10.6 Å². The molecule has 72 valence electrons. The number of rotatable bonds is 2.